The van der Waals surface area contributed by atoms with Gasteiger partial charge in [-0.05, 0) is 36.5 Å². The van der Waals surface area contributed by atoms with Crippen LogP contribution in [0.1, 0.15) is 43.8 Å². The van der Waals surface area contributed by atoms with Crippen LogP contribution in [0.3, 0.4) is 0 Å². The maximum atomic E-state index is 12.1. The van der Waals surface area contributed by atoms with Gasteiger partial charge in [-0.3, -0.25) is 10.1 Å². The Bertz CT molecular complexity index is 468. The summed E-state index contributed by atoms with van der Waals surface area (Å²) >= 11 is 5.94. The lowest BCUT2D eigenvalue weighted by atomic mass is 9.89. The first kappa shape index (κ1) is 13.9. The van der Waals surface area contributed by atoms with E-state index in [0.29, 0.717) is 12.5 Å². The van der Waals surface area contributed by atoms with Crippen molar-refractivity contribution in [2.45, 2.75) is 38.3 Å². The molecule has 2 aliphatic rings. The molecule has 1 atom stereocenters. The largest absolute Gasteiger partial charge is 0.322 e. The summed E-state index contributed by atoms with van der Waals surface area (Å²) in [6, 6.07) is 7.79. The molecule has 1 aromatic rings. The lowest BCUT2D eigenvalue weighted by Crippen LogP contribution is -2.35. The number of carbonyl (C=O) groups excluding carboxylic acids is 1. The fraction of sp³-hybridized carbons (Fsp3) is 0.562. The second-order valence-corrected chi connectivity index (χ2v) is 6.32. The van der Waals surface area contributed by atoms with Gasteiger partial charge in [-0.1, -0.05) is 43.0 Å². The number of amides is 1. The third-order valence-electron chi connectivity index (χ3n) is 4.44. The number of hydrogen-bond acceptors (Lipinski definition) is 2. The molecule has 1 saturated heterocycles. The second kappa shape index (κ2) is 6.15. The molecule has 1 unspecified atom stereocenters. The van der Waals surface area contributed by atoms with E-state index < -0.39 is 0 Å². The van der Waals surface area contributed by atoms with E-state index in [1.807, 2.05) is 29.2 Å². The van der Waals surface area contributed by atoms with Crippen LogP contribution in [0.15, 0.2) is 24.3 Å². The van der Waals surface area contributed by atoms with Gasteiger partial charge in [-0.2, -0.15) is 0 Å². The minimum absolute atomic E-state index is 0.0155. The normalized spacial score (nSPS) is 24.4. The standard InChI is InChI=1S/C16H21ClN2O/c17-14-8-6-13(7-9-14)16-18-10-15(20)19(16)11-12-4-2-1-3-5-12/h6-9,12,16,18H,1-5,10-11H2. The number of nitrogens with zero attached hydrogens (tertiary/aromatic N) is 1. The van der Waals surface area contributed by atoms with E-state index in [-0.39, 0.29) is 12.1 Å². The number of hydrogen-bond donors (Lipinski definition) is 1. The molecule has 3 nitrogen and oxygen atoms in total. The average molecular weight is 293 g/mol. The van der Waals surface area contributed by atoms with E-state index in [4.69, 9.17) is 11.6 Å². The summed E-state index contributed by atoms with van der Waals surface area (Å²) in [6.07, 6.45) is 6.51. The molecule has 1 N–H and O–H groups in total. The summed E-state index contributed by atoms with van der Waals surface area (Å²) in [5, 5.41) is 4.05. The van der Waals surface area contributed by atoms with Crippen LogP contribution in [0.4, 0.5) is 0 Å². The summed E-state index contributed by atoms with van der Waals surface area (Å²) in [5.74, 6) is 0.887. The number of carbonyl (C=O) groups is 1. The fourth-order valence-electron chi connectivity index (χ4n) is 3.34. The SMILES string of the molecule is O=C1CNC(c2ccc(Cl)cc2)N1CC1CCCCC1. The molecule has 3 rings (SSSR count). The smallest absolute Gasteiger partial charge is 0.238 e. The van der Waals surface area contributed by atoms with E-state index in [2.05, 4.69) is 5.32 Å². The highest BCUT2D eigenvalue weighted by molar-refractivity contribution is 6.30. The van der Waals surface area contributed by atoms with Crippen LogP contribution in [-0.4, -0.2) is 23.9 Å². The Morgan fingerprint density at radius 2 is 1.85 bits per heavy atom. The van der Waals surface area contributed by atoms with Crippen molar-refractivity contribution in [3.8, 4) is 0 Å². The van der Waals surface area contributed by atoms with Gasteiger partial charge in [0.25, 0.3) is 0 Å². The molecule has 1 amide bonds. The van der Waals surface area contributed by atoms with Gasteiger partial charge in [0.15, 0.2) is 0 Å². The lowest BCUT2D eigenvalue weighted by Gasteiger charge is -2.31. The van der Waals surface area contributed by atoms with E-state index >= 15 is 0 Å². The van der Waals surface area contributed by atoms with Crippen molar-refractivity contribution in [3.05, 3.63) is 34.9 Å². The van der Waals surface area contributed by atoms with Crippen LogP contribution in [-0.2, 0) is 4.79 Å². The molecule has 0 radical (unpaired) electrons. The maximum absolute atomic E-state index is 12.1. The highest BCUT2D eigenvalue weighted by Crippen LogP contribution is 2.29. The molecular formula is C16H21ClN2O. The number of benzene rings is 1. The Kier molecular flexibility index (Phi) is 4.27. The molecular weight excluding hydrogens is 272 g/mol. The summed E-state index contributed by atoms with van der Waals surface area (Å²) in [4.78, 5) is 14.1. The Labute approximate surface area is 125 Å². The van der Waals surface area contributed by atoms with Crippen LogP contribution < -0.4 is 5.32 Å². The zero-order chi connectivity index (χ0) is 13.9. The third kappa shape index (κ3) is 2.99. The predicted octanol–water partition coefficient (Wildman–Crippen LogP) is 3.35. The van der Waals surface area contributed by atoms with Crippen molar-refractivity contribution >= 4 is 17.5 Å². The zero-order valence-corrected chi connectivity index (χ0v) is 12.4. The molecule has 0 aromatic heterocycles. The van der Waals surface area contributed by atoms with Crippen LogP contribution in [0.2, 0.25) is 5.02 Å². The minimum Gasteiger partial charge on any atom is -0.322 e. The molecule has 108 valence electrons. The van der Waals surface area contributed by atoms with Gasteiger partial charge in [-0.25, -0.2) is 0 Å². The molecule has 4 heteroatoms. The van der Waals surface area contributed by atoms with Crippen molar-refractivity contribution < 1.29 is 4.79 Å². The van der Waals surface area contributed by atoms with Gasteiger partial charge < -0.3 is 4.90 Å². The molecule has 1 saturated carbocycles. The molecule has 1 aromatic carbocycles. The highest BCUT2D eigenvalue weighted by Gasteiger charge is 2.33. The second-order valence-electron chi connectivity index (χ2n) is 5.89. The topological polar surface area (TPSA) is 32.3 Å². The Morgan fingerprint density at radius 3 is 2.55 bits per heavy atom. The van der Waals surface area contributed by atoms with Gasteiger partial charge in [0.1, 0.15) is 6.17 Å². The van der Waals surface area contributed by atoms with Crippen LogP contribution in [0.5, 0.6) is 0 Å². The average Bonchev–Trinajstić information content (AvgIpc) is 2.83. The number of halogens is 1. The number of rotatable bonds is 3. The van der Waals surface area contributed by atoms with Crippen LogP contribution in [0, 0.1) is 5.92 Å². The van der Waals surface area contributed by atoms with Crippen molar-refractivity contribution in [3.63, 3.8) is 0 Å². The van der Waals surface area contributed by atoms with Gasteiger partial charge >= 0.3 is 0 Å². The Balaban J connectivity index is 1.72. The van der Waals surface area contributed by atoms with E-state index in [0.717, 1.165) is 17.1 Å². The predicted molar refractivity (Wildman–Crippen MR) is 80.5 cm³/mol. The van der Waals surface area contributed by atoms with Crippen LogP contribution >= 0.6 is 11.6 Å². The third-order valence-corrected chi connectivity index (χ3v) is 4.70. The summed E-state index contributed by atoms with van der Waals surface area (Å²) in [5.41, 5.74) is 1.12. The summed E-state index contributed by atoms with van der Waals surface area (Å²) < 4.78 is 0. The molecule has 2 fully saturated rings. The van der Waals surface area contributed by atoms with E-state index in [1.54, 1.807) is 0 Å². The molecule has 1 heterocycles. The van der Waals surface area contributed by atoms with Crippen molar-refractivity contribution in [1.29, 1.82) is 0 Å². The fourth-order valence-corrected chi connectivity index (χ4v) is 3.46. The quantitative estimate of drug-likeness (QED) is 0.926. The zero-order valence-electron chi connectivity index (χ0n) is 11.6. The van der Waals surface area contributed by atoms with Gasteiger partial charge in [0.05, 0.1) is 6.54 Å². The molecule has 20 heavy (non-hydrogen) atoms. The summed E-state index contributed by atoms with van der Waals surface area (Å²) in [7, 11) is 0. The minimum atomic E-state index is 0.0155. The monoisotopic (exact) mass is 292 g/mol. The molecule has 0 bridgehead atoms. The molecule has 0 spiro atoms. The highest BCUT2D eigenvalue weighted by atomic mass is 35.5. The Hall–Kier alpha value is -1.06. The van der Waals surface area contributed by atoms with Crippen molar-refractivity contribution in [2.75, 3.05) is 13.1 Å². The number of nitrogens with one attached hydrogen (secondary N) is 1. The van der Waals surface area contributed by atoms with Gasteiger partial charge in [0.2, 0.25) is 5.91 Å². The first-order chi connectivity index (χ1) is 9.74. The molecule has 1 aliphatic heterocycles. The van der Waals surface area contributed by atoms with Gasteiger partial charge in [-0.15, -0.1) is 0 Å². The molecule has 1 aliphatic carbocycles. The van der Waals surface area contributed by atoms with Gasteiger partial charge in [0, 0.05) is 11.6 Å². The Morgan fingerprint density at radius 1 is 1.15 bits per heavy atom. The van der Waals surface area contributed by atoms with Crippen LogP contribution in [0.25, 0.3) is 0 Å². The van der Waals surface area contributed by atoms with E-state index in [9.17, 15) is 4.79 Å². The first-order valence-corrected chi connectivity index (χ1v) is 7.90. The lowest BCUT2D eigenvalue weighted by molar-refractivity contribution is -0.128. The van der Waals surface area contributed by atoms with E-state index in [1.165, 1.54) is 32.1 Å². The first-order valence-electron chi connectivity index (χ1n) is 7.52. The van der Waals surface area contributed by atoms with Crippen molar-refractivity contribution in [1.82, 2.24) is 10.2 Å². The summed E-state index contributed by atoms with van der Waals surface area (Å²) in [6.45, 7) is 1.33. The maximum Gasteiger partial charge on any atom is 0.238 e. The van der Waals surface area contributed by atoms with Crippen molar-refractivity contribution in [2.24, 2.45) is 5.92 Å².